The Morgan fingerprint density at radius 1 is 0.600 bits per heavy atom. The van der Waals surface area contributed by atoms with E-state index in [0.717, 1.165) is 0 Å². The van der Waals surface area contributed by atoms with Crippen molar-refractivity contribution in [3.63, 3.8) is 0 Å². The van der Waals surface area contributed by atoms with Gasteiger partial charge in [-0.3, -0.25) is 0 Å². The number of carbonyl (C=O) groups excluding carboxylic acids is 4. The summed E-state index contributed by atoms with van der Waals surface area (Å²) in [7, 11) is 0. The second-order valence-corrected chi connectivity index (χ2v) is 9.73. The van der Waals surface area contributed by atoms with Crippen LogP contribution in [0.25, 0.3) is 0 Å². The van der Waals surface area contributed by atoms with E-state index in [9.17, 15) is 39.0 Å². The predicted molar refractivity (Wildman–Crippen MR) is 157 cm³/mol. The Kier molecular flexibility index (Phi) is 15.5. The van der Waals surface area contributed by atoms with E-state index in [1.807, 2.05) is 0 Å². The topological polar surface area (TPSA) is 229 Å². The summed E-state index contributed by atoms with van der Waals surface area (Å²) in [5, 5.41) is 19.7. The SMILES string of the molecule is NCCCC[C@@H](C(=O)OC(=O)[C@H](CCCCN)N(C(=O)O)C(=O)OCc1ccccc1)N(C(=O)O)C(=O)OCc1ccccc1. The van der Waals surface area contributed by atoms with E-state index in [0.29, 0.717) is 24.0 Å². The number of imide groups is 2. The van der Waals surface area contributed by atoms with Gasteiger partial charge in [0.1, 0.15) is 25.3 Å². The Bertz CT molecular complexity index is 1180. The van der Waals surface area contributed by atoms with Crippen LogP contribution in [0.2, 0.25) is 0 Å². The summed E-state index contributed by atoms with van der Waals surface area (Å²) in [6, 6.07) is 13.0. The van der Waals surface area contributed by atoms with Crippen molar-refractivity contribution in [2.45, 2.75) is 63.8 Å². The maximum atomic E-state index is 13.3. The molecule has 0 aromatic heterocycles. The maximum absolute atomic E-state index is 13.3. The highest BCUT2D eigenvalue weighted by Gasteiger charge is 2.42. The first kappa shape index (κ1) is 36.2. The number of unbranched alkanes of at least 4 members (excludes halogenated alkanes) is 2. The quantitative estimate of drug-likeness (QED) is 0.0898. The third kappa shape index (κ3) is 11.9. The smallest absolute Gasteiger partial charge is 0.420 e. The normalized spacial score (nSPS) is 11.9. The molecule has 0 saturated heterocycles. The van der Waals surface area contributed by atoms with Gasteiger partial charge < -0.3 is 35.9 Å². The fourth-order valence-corrected chi connectivity index (χ4v) is 4.16. The number of amides is 4. The van der Waals surface area contributed by atoms with Gasteiger partial charge in [-0.1, -0.05) is 60.7 Å². The molecule has 2 rings (SSSR count). The Labute approximate surface area is 259 Å². The van der Waals surface area contributed by atoms with E-state index in [4.69, 9.17) is 25.7 Å². The van der Waals surface area contributed by atoms with E-state index in [1.165, 1.54) is 0 Å². The van der Waals surface area contributed by atoms with Crippen molar-refractivity contribution in [1.29, 1.82) is 0 Å². The maximum Gasteiger partial charge on any atom is 0.420 e. The lowest BCUT2D eigenvalue weighted by atomic mass is 10.1. The lowest BCUT2D eigenvalue weighted by Crippen LogP contribution is -2.52. The first-order chi connectivity index (χ1) is 21.6. The lowest BCUT2D eigenvalue weighted by Gasteiger charge is -2.28. The summed E-state index contributed by atoms with van der Waals surface area (Å²) in [5.41, 5.74) is 12.1. The van der Waals surface area contributed by atoms with Crippen LogP contribution < -0.4 is 11.5 Å². The summed E-state index contributed by atoms with van der Waals surface area (Å²) in [6.45, 7) is -0.244. The number of carboxylic acid groups (broad SMARTS) is 2. The van der Waals surface area contributed by atoms with E-state index < -0.39 is 48.4 Å². The first-order valence-electron chi connectivity index (χ1n) is 14.2. The van der Waals surface area contributed by atoms with Crippen LogP contribution in [0.4, 0.5) is 19.2 Å². The van der Waals surface area contributed by atoms with Crippen molar-refractivity contribution in [2.75, 3.05) is 13.1 Å². The Hall–Kier alpha value is -5.02. The molecule has 0 unspecified atom stereocenters. The molecular formula is C30H38N4O11. The standard InChI is InChI=1S/C30H38N4O11/c31-17-9-7-15-23(33(27(37)38)29(41)43-19-21-11-3-1-4-12-21)25(35)45-26(36)24(16-8-10-18-32)34(28(39)40)30(42)44-20-22-13-5-2-6-14-22/h1-6,11-14,23-24H,7-10,15-20,31-32H2,(H,37,38)(H,39,40)/t23-,24-/m0/s1. The van der Waals surface area contributed by atoms with Gasteiger partial charge in [-0.2, -0.15) is 9.80 Å². The minimum atomic E-state index is -1.86. The molecule has 15 heteroatoms. The zero-order chi connectivity index (χ0) is 33.2. The van der Waals surface area contributed by atoms with Crippen LogP contribution in [0.1, 0.15) is 49.7 Å². The molecule has 0 radical (unpaired) electrons. The van der Waals surface area contributed by atoms with Crippen molar-refractivity contribution in [1.82, 2.24) is 9.80 Å². The zero-order valence-electron chi connectivity index (χ0n) is 24.6. The number of benzene rings is 2. The highest BCUT2D eigenvalue weighted by Crippen LogP contribution is 2.19. The number of rotatable bonds is 16. The lowest BCUT2D eigenvalue weighted by molar-refractivity contribution is -0.166. The van der Waals surface area contributed by atoms with Crippen LogP contribution in [0.5, 0.6) is 0 Å². The minimum absolute atomic E-state index is 0.0988. The minimum Gasteiger partial charge on any atom is -0.464 e. The predicted octanol–water partition coefficient (Wildman–Crippen LogP) is 3.69. The van der Waals surface area contributed by atoms with Gasteiger partial charge in [-0.25, -0.2) is 28.8 Å². The highest BCUT2D eigenvalue weighted by molar-refractivity contribution is 5.99. The number of hydrogen-bond donors (Lipinski definition) is 4. The molecule has 0 aliphatic rings. The van der Waals surface area contributed by atoms with E-state index in [-0.39, 0.29) is 61.8 Å². The molecule has 244 valence electrons. The van der Waals surface area contributed by atoms with E-state index in [1.54, 1.807) is 60.7 Å². The fourth-order valence-electron chi connectivity index (χ4n) is 4.16. The molecule has 2 aromatic rings. The van der Waals surface area contributed by atoms with Crippen molar-refractivity contribution >= 4 is 36.3 Å². The van der Waals surface area contributed by atoms with Gasteiger partial charge in [-0.05, 0) is 62.7 Å². The van der Waals surface area contributed by atoms with Gasteiger partial charge in [0.2, 0.25) is 0 Å². The molecule has 0 saturated carbocycles. The number of esters is 2. The van der Waals surface area contributed by atoms with Crippen molar-refractivity contribution in [3.05, 3.63) is 71.8 Å². The molecule has 0 heterocycles. The summed E-state index contributed by atoms with van der Waals surface area (Å²) >= 11 is 0. The Balaban J connectivity index is 2.29. The Morgan fingerprint density at radius 2 is 0.956 bits per heavy atom. The summed E-state index contributed by atoms with van der Waals surface area (Å²) in [6.07, 6.45) is -6.07. The molecule has 45 heavy (non-hydrogen) atoms. The van der Waals surface area contributed by atoms with Crippen LogP contribution in [-0.2, 0) is 37.0 Å². The average Bonchev–Trinajstić information content (AvgIpc) is 3.02. The number of nitrogens with zero attached hydrogens (tertiary/aromatic N) is 2. The summed E-state index contributed by atoms with van der Waals surface area (Å²) < 4.78 is 15.2. The zero-order valence-corrected chi connectivity index (χ0v) is 24.6. The molecule has 0 aliphatic heterocycles. The highest BCUT2D eigenvalue weighted by atomic mass is 16.6. The summed E-state index contributed by atoms with van der Waals surface area (Å²) in [4.78, 5) is 76.8. The molecule has 0 bridgehead atoms. The molecule has 4 amide bonds. The third-order valence-electron chi connectivity index (χ3n) is 6.45. The van der Waals surface area contributed by atoms with Gasteiger partial charge in [0, 0.05) is 0 Å². The van der Waals surface area contributed by atoms with Crippen LogP contribution >= 0.6 is 0 Å². The number of ether oxygens (including phenoxy) is 3. The van der Waals surface area contributed by atoms with Crippen molar-refractivity contribution in [2.24, 2.45) is 11.5 Å². The van der Waals surface area contributed by atoms with Crippen LogP contribution in [-0.4, -0.2) is 81.5 Å². The average molecular weight is 631 g/mol. The first-order valence-corrected chi connectivity index (χ1v) is 14.2. The summed E-state index contributed by atoms with van der Waals surface area (Å²) in [5.74, 6) is -2.94. The van der Waals surface area contributed by atoms with Gasteiger partial charge in [-0.15, -0.1) is 0 Å². The van der Waals surface area contributed by atoms with Crippen LogP contribution in [0.15, 0.2) is 60.7 Å². The van der Waals surface area contributed by atoms with Gasteiger partial charge in [0.25, 0.3) is 0 Å². The molecular weight excluding hydrogens is 592 g/mol. The molecule has 0 fully saturated rings. The third-order valence-corrected chi connectivity index (χ3v) is 6.45. The molecule has 2 atom stereocenters. The molecule has 0 aliphatic carbocycles. The largest absolute Gasteiger partial charge is 0.464 e. The molecule has 6 N–H and O–H groups in total. The Morgan fingerprint density at radius 3 is 1.27 bits per heavy atom. The number of nitrogens with two attached hydrogens (primary N) is 2. The van der Waals surface area contributed by atoms with Crippen molar-refractivity contribution in [3.8, 4) is 0 Å². The number of carbonyl (C=O) groups is 6. The second-order valence-electron chi connectivity index (χ2n) is 9.73. The van der Waals surface area contributed by atoms with Crippen LogP contribution in [0.3, 0.4) is 0 Å². The van der Waals surface area contributed by atoms with Crippen LogP contribution in [0, 0.1) is 0 Å². The number of hydrogen-bond acceptors (Lipinski definition) is 11. The monoisotopic (exact) mass is 630 g/mol. The van der Waals surface area contributed by atoms with E-state index >= 15 is 0 Å². The molecule has 0 spiro atoms. The van der Waals surface area contributed by atoms with Crippen molar-refractivity contribution < 1.29 is 53.2 Å². The molecule has 2 aromatic carbocycles. The van der Waals surface area contributed by atoms with E-state index in [2.05, 4.69) is 0 Å². The van der Waals surface area contributed by atoms with Gasteiger partial charge in [0.15, 0.2) is 0 Å². The second kappa shape index (κ2) is 19.3. The molecule has 15 nitrogen and oxygen atoms in total. The van der Waals surface area contributed by atoms with Gasteiger partial charge >= 0.3 is 36.3 Å². The van der Waals surface area contributed by atoms with Gasteiger partial charge in [0.05, 0.1) is 0 Å². The fraction of sp³-hybridized carbons (Fsp3) is 0.400.